The molecule has 134 valence electrons. The van der Waals surface area contributed by atoms with Gasteiger partial charge in [-0.25, -0.2) is 0 Å². The van der Waals surface area contributed by atoms with Crippen LogP contribution in [0.2, 0.25) is 0 Å². The molecule has 1 heterocycles. The van der Waals surface area contributed by atoms with Crippen molar-refractivity contribution in [3.63, 3.8) is 0 Å². The average molecular weight is 366 g/mol. The lowest BCUT2D eigenvalue weighted by atomic mass is 10.2. The fourth-order valence-corrected chi connectivity index (χ4v) is 3.47. The number of para-hydroxylation sites is 1. The fraction of sp³-hybridized carbons (Fsp3) is 0.238. The lowest BCUT2D eigenvalue weighted by Gasteiger charge is -2.12. The van der Waals surface area contributed by atoms with Crippen molar-refractivity contribution in [2.24, 2.45) is 0 Å². The molecule has 0 radical (unpaired) electrons. The summed E-state index contributed by atoms with van der Waals surface area (Å²) in [7, 11) is 0. The van der Waals surface area contributed by atoms with Gasteiger partial charge >= 0.3 is 0 Å². The highest BCUT2D eigenvalue weighted by atomic mass is 32.2. The predicted molar refractivity (Wildman–Crippen MR) is 107 cm³/mol. The Morgan fingerprint density at radius 3 is 2.77 bits per heavy atom. The number of carbonyl (C=O) groups is 1. The maximum Gasteiger partial charge on any atom is 0.233 e. The van der Waals surface area contributed by atoms with Crippen molar-refractivity contribution in [3.05, 3.63) is 66.9 Å². The zero-order valence-corrected chi connectivity index (χ0v) is 15.5. The molecule has 1 aromatic heterocycles. The summed E-state index contributed by atoms with van der Waals surface area (Å²) in [6, 6.07) is 19.8. The molecule has 1 N–H and O–H groups in total. The summed E-state index contributed by atoms with van der Waals surface area (Å²) in [6.45, 7) is 3.05. The molecule has 2 aromatic carbocycles. The predicted octanol–water partition coefficient (Wildman–Crippen LogP) is 4.30. The number of ether oxygens (including phenoxy) is 1. The van der Waals surface area contributed by atoms with Gasteiger partial charge in [-0.1, -0.05) is 36.4 Å². The van der Waals surface area contributed by atoms with Crippen LogP contribution in [-0.2, 0) is 4.79 Å². The van der Waals surface area contributed by atoms with E-state index in [1.807, 2.05) is 67.6 Å². The van der Waals surface area contributed by atoms with Crippen LogP contribution in [0.5, 0.6) is 5.75 Å². The third-order valence-electron chi connectivity index (χ3n) is 3.90. The van der Waals surface area contributed by atoms with Crippen molar-refractivity contribution in [1.82, 2.24) is 10.3 Å². The molecular weight excluding hydrogens is 344 g/mol. The minimum atomic E-state index is -0.124. The Morgan fingerprint density at radius 1 is 1.12 bits per heavy atom. The van der Waals surface area contributed by atoms with Crippen LogP contribution < -0.4 is 10.1 Å². The lowest BCUT2D eigenvalue weighted by molar-refractivity contribution is -0.120. The van der Waals surface area contributed by atoms with E-state index in [0.29, 0.717) is 13.2 Å². The quantitative estimate of drug-likeness (QED) is 0.477. The average Bonchev–Trinajstić information content (AvgIpc) is 2.68. The first kappa shape index (κ1) is 18.3. The molecule has 1 amide bonds. The van der Waals surface area contributed by atoms with E-state index < -0.39 is 0 Å². The van der Waals surface area contributed by atoms with Crippen molar-refractivity contribution in [1.29, 1.82) is 0 Å². The number of nitrogens with zero attached hydrogens (tertiary/aromatic N) is 1. The number of rotatable bonds is 8. The van der Waals surface area contributed by atoms with Crippen molar-refractivity contribution in [3.8, 4) is 5.75 Å². The van der Waals surface area contributed by atoms with Crippen LogP contribution >= 0.6 is 11.8 Å². The Kier molecular flexibility index (Phi) is 6.50. The highest BCUT2D eigenvalue weighted by Crippen LogP contribution is 2.23. The summed E-state index contributed by atoms with van der Waals surface area (Å²) in [5, 5.41) is 3.91. The second-order valence-electron chi connectivity index (χ2n) is 5.90. The second kappa shape index (κ2) is 9.25. The molecule has 26 heavy (non-hydrogen) atoms. The van der Waals surface area contributed by atoms with Crippen LogP contribution in [0.25, 0.3) is 10.9 Å². The molecule has 3 aromatic rings. The number of amides is 1. The summed E-state index contributed by atoms with van der Waals surface area (Å²) in [6.07, 6.45) is 2.51. The van der Waals surface area contributed by atoms with E-state index in [0.717, 1.165) is 28.0 Å². The Balaban J connectivity index is 1.40. The summed E-state index contributed by atoms with van der Waals surface area (Å²) in [4.78, 5) is 17.6. The fourth-order valence-electron chi connectivity index (χ4n) is 2.56. The summed E-state index contributed by atoms with van der Waals surface area (Å²) >= 11 is 1.56. The smallest absolute Gasteiger partial charge is 0.233 e. The molecule has 4 nitrogen and oxygen atoms in total. The number of nitrogens with one attached hydrogen (secondary N) is 1. The first-order valence-electron chi connectivity index (χ1n) is 8.70. The zero-order chi connectivity index (χ0) is 18.2. The Bertz CT molecular complexity index is 850. The van der Waals surface area contributed by atoms with Crippen molar-refractivity contribution in [2.75, 3.05) is 13.2 Å². The van der Waals surface area contributed by atoms with Gasteiger partial charge in [-0.3, -0.25) is 9.78 Å². The minimum absolute atomic E-state index is 0.0469. The topological polar surface area (TPSA) is 51.2 Å². The Labute approximate surface area is 158 Å². The van der Waals surface area contributed by atoms with Gasteiger partial charge in [0.1, 0.15) is 11.3 Å². The molecule has 0 fully saturated rings. The number of fused-ring (bicyclic) bond motifs is 1. The summed E-state index contributed by atoms with van der Waals surface area (Å²) in [5.74, 6) is 0.827. The van der Waals surface area contributed by atoms with E-state index in [9.17, 15) is 4.79 Å². The Morgan fingerprint density at radius 2 is 1.92 bits per heavy atom. The molecule has 0 saturated heterocycles. The lowest BCUT2D eigenvalue weighted by Crippen LogP contribution is -2.32. The SMILES string of the molecule is CC(Sc1ccccc1)C(=O)NCCCOc1cccc2cccnc12. The van der Waals surface area contributed by atoms with Crippen LogP contribution in [-0.4, -0.2) is 29.3 Å². The monoisotopic (exact) mass is 366 g/mol. The minimum Gasteiger partial charge on any atom is -0.491 e. The summed E-state index contributed by atoms with van der Waals surface area (Å²) in [5.41, 5.74) is 0.868. The van der Waals surface area contributed by atoms with E-state index in [-0.39, 0.29) is 11.2 Å². The molecule has 3 rings (SSSR count). The van der Waals surface area contributed by atoms with Gasteiger partial charge in [0, 0.05) is 23.0 Å². The molecule has 5 heteroatoms. The number of pyridine rings is 1. The van der Waals surface area contributed by atoms with Gasteiger partial charge in [-0.2, -0.15) is 0 Å². The third kappa shape index (κ3) is 4.99. The van der Waals surface area contributed by atoms with Gasteiger partial charge in [-0.05, 0) is 37.6 Å². The largest absolute Gasteiger partial charge is 0.491 e. The number of thioether (sulfide) groups is 1. The van der Waals surface area contributed by atoms with E-state index in [1.165, 1.54) is 0 Å². The van der Waals surface area contributed by atoms with Gasteiger partial charge in [0.05, 0.1) is 11.9 Å². The second-order valence-corrected chi connectivity index (χ2v) is 7.31. The molecule has 0 aliphatic heterocycles. The molecule has 0 bridgehead atoms. The molecular formula is C21H22N2O2S. The number of carbonyl (C=O) groups excluding carboxylic acids is 1. The number of benzene rings is 2. The van der Waals surface area contributed by atoms with Crippen LogP contribution in [0, 0.1) is 0 Å². The van der Waals surface area contributed by atoms with Crippen LogP contribution in [0.4, 0.5) is 0 Å². The van der Waals surface area contributed by atoms with E-state index >= 15 is 0 Å². The number of hydrogen-bond donors (Lipinski definition) is 1. The summed E-state index contributed by atoms with van der Waals surface area (Å²) < 4.78 is 5.84. The maximum atomic E-state index is 12.2. The standard InChI is InChI=1S/C21H22N2O2S/c1-16(26-18-10-3-2-4-11-18)21(24)23-14-7-15-25-19-12-5-8-17-9-6-13-22-20(17)19/h2-6,8-13,16H,7,14-15H2,1H3,(H,23,24). The van der Waals surface area contributed by atoms with Gasteiger partial charge in [0.25, 0.3) is 0 Å². The van der Waals surface area contributed by atoms with E-state index in [4.69, 9.17) is 4.74 Å². The number of aromatic nitrogens is 1. The van der Waals surface area contributed by atoms with Gasteiger partial charge in [0.15, 0.2) is 0 Å². The van der Waals surface area contributed by atoms with Crippen molar-refractivity contribution in [2.45, 2.75) is 23.5 Å². The first-order chi connectivity index (χ1) is 12.7. The van der Waals surface area contributed by atoms with Gasteiger partial charge < -0.3 is 10.1 Å². The molecule has 0 spiro atoms. The molecule has 0 aliphatic carbocycles. The van der Waals surface area contributed by atoms with Crippen LogP contribution in [0.3, 0.4) is 0 Å². The highest BCUT2D eigenvalue weighted by molar-refractivity contribution is 8.00. The zero-order valence-electron chi connectivity index (χ0n) is 14.7. The van der Waals surface area contributed by atoms with Gasteiger partial charge in [0.2, 0.25) is 5.91 Å². The number of hydrogen-bond acceptors (Lipinski definition) is 4. The van der Waals surface area contributed by atoms with Crippen LogP contribution in [0.15, 0.2) is 71.8 Å². The van der Waals surface area contributed by atoms with Crippen molar-refractivity contribution < 1.29 is 9.53 Å². The van der Waals surface area contributed by atoms with Gasteiger partial charge in [-0.15, -0.1) is 11.8 Å². The maximum absolute atomic E-state index is 12.2. The van der Waals surface area contributed by atoms with E-state index in [2.05, 4.69) is 10.3 Å². The normalized spacial score (nSPS) is 11.9. The Hall–Kier alpha value is -2.53. The third-order valence-corrected chi connectivity index (χ3v) is 5.01. The first-order valence-corrected chi connectivity index (χ1v) is 9.58. The molecule has 1 atom stereocenters. The van der Waals surface area contributed by atoms with Crippen LogP contribution in [0.1, 0.15) is 13.3 Å². The highest BCUT2D eigenvalue weighted by Gasteiger charge is 2.13. The molecule has 1 unspecified atom stereocenters. The molecule has 0 aliphatic rings. The van der Waals surface area contributed by atoms with Crippen molar-refractivity contribution >= 4 is 28.6 Å². The van der Waals surface area contributed by atoms with E-state index in [1.54, 1.807) is 18.0 Å². The molecule has 0 saturated carbocycles.